The van der Waals surface area contributed by atoms with E-state index >= 15 is 0 Å². The van der Waals surface area contributed by atoms with Gasteiger partial charge in [0.2, 0.25) is 0 Å². The SMILES string of the molecule is CON(C)S(=O)(=O)c1cccc(C(=O)OCc2ccccc2C)c1. The molecule has 0 radical (unpaired) electrons. The fourth-order valence-corrected chi connectivity index (χ4v) is 3.05. The summed E-state index contributed by atoms with van der Waals surface area (Å²) >= 11 is 0. The first-order chi connectivity index (χ1) is 11.4. The van der Waals surface area contributed by atoms with Crippen LogP contribution in [0.3, 0.4) is 0 Å². The lowest BCUT2D eigenvalue weighted by atomic mass is 10.1. The number of hydrogen-bond donors (Lipinski definition) is 0. The average Bonchev–Trinajstić information content (AvgIpc) is 2.60. The highest BCUT2D eigenvalue weighted by Crippen LogP contribution is 2.17. The minimum Gasteiger partial charge on any atom is -0.457 e. The van der Waals surface area contributed by atoms with Gasteiger partial charge in [0.05, 0.1) is 17.6 Å². The molecule has 6 nitrogen and oxygen atoms in total. The molecule has 2 aromatic rings. The maximum absolute atomic E-state index is 12.2. The van der Waals surface area contributed by atoms with Crippen LogP contribution in [0.2, 0.25) is 0 Å². The van der Waals surface area contributed by atoms with E-state index in [2.05, 4.69) is 0 Å². The Morgan fingerprint density at radius 1 is 1.12 bits per heavy atom. The molecular weight excluding hydrogens is 330 g/mol. The van der Waals surface area contributed by atoms with Gasteiger partial charge in [-0.2, -0.15) is 0 Å². The van der Waals surface area contributed by atoms with Crippen molar-refractivity contribution in [2.45, 2.75) is 18.4 Å². The van der Waals surface area contributed by atoms with Crippen molar-refractivity contribution in [3.8, 4) is 0 Å². The van der Waals surface area contributed by atoms with Crippen LogP contribution in [0.5, 0.6) is 0 Å². The van der Waals surface area contributed by atoms with Crippen molar-refractivity contribution < 1.29 is 22.8 Å². The molecule has 0 spiro atoms. The molecule has 0 fully saturated rings. The number of nitrogens with zero attached hydrogens (tertiary/aromatic N) is 1. The number of carbonyl (C=O) groups is 1. The normalized spacial score (nSPS) is 11.5. The highest BCUT2D eigenvalue weighted by atomic mass is 32.2. The molecule has 24 heavy (non-hydrogen) atoms. The zero-order valence-corrected chi connectivity index (χ0v) is 14.5. The van der Waals surface area contributed by atoms with Gasteiger partial charge in [0, 0.05) is 7.05 Å². The molecule has 0 bridgehead atoms. The van der Waals surface area contributed by atoms with Crippen molar-refractivity contribution in [3.05, 3.63) is 65.2 Å². The molecule has 0 heterocycles. The summed E-state index contributed by atoms with van der Waals surface area (Å²) in [6.07, 6.45) is 0. The van der Waals surface area contributed by atoms with Crippen LogP contribution in [0.15, 0.2) is 53.4 Å². The molecule has 2 aromatic carbocycles. The van der Waals surface area contributed by atoms with Gasteiger partial charge >= 0.3 is 5.97 Å². The average molecular weight is 349 g/mol. The molecule has 0 aliphatic carbocycles. The Bertz CT molecular complexity index is 832. The van der Waals surface area contributed by atoms with Crippen LogP contribution in [-0.2, 0) is 26.2 Å². The smallest absolute Gasteiger partial charge is 0.338 e. The summed E-state index contributed by atoms with van der Waals surface area (Å²) in [5.41, 5.74) is 2.08. The van der Waals surface area contributed by atoms with Crippen molar-refractivity contribution in [3.63, 3.8) is 0 Å². The fraction of sp³-hybridized carbons (Fsp3) is 0.235. The van der Waals surface area contributed by atoms with Crippen LogP contribution in [0, 0.1) is 6.92 Å². The first-order valence-corrected chi connectivity index (χ1v) is 8.65. The summed E-state index contributed by atoms with van der Waals surface area (Å²) in [5.74, 6) is -0.588. The van der Waals surface area contributed by atoms with Gasteiger partial charge < -0.3 is 4.74 Å². The number of hydrogen-bond acceptors (Lipinski definition) is 5. The van der Waals surface area contributed by atoms with Crippen LogP contribution in [0.1, 0.15) is 21.5 Å². The fourth-order valence-electron chi connectivity index (χ4n) is 2.03. The van der Waals surface area contributed by atoms with Crippen LogP contribution in [0.25, 0.3) is 0 Å². The Kier molecular flexibility index (Phi) is 5.71. The van der Waals surface area contributed by atoms with Gasteiger partial charge in [-0.15, -0.1) is 0 Å². The number of aryl methyl sites for hydroxylation is 1. The molecule has 0 aliphatic rings. The summed E-state index contributed by atoms with van der Waals surface area (Å²) in [5, 5.41) is 0. The monoisotopic (exact) mass is 349 g/mol. The van der Waals surface area contributed by atoms with Crippen molar-refractivity contribution in [1.29, 1.82) is 0 Å². The second-order valence-corrected chi connectivity index (χ2v) is 7.06. The Labute approximate surface area is 141 Å². The number of esters is 1. The summed E-state index contributed by atoms with van der Waals surface area (Å²) < 4.78 is 30.4. The second-order valence-electron chi connectivity index (χ2n) is 5.13. The highest BCUT2D eigenvalue weighted by Gasteiger charge is 2.22. The third kappa shape index (κ3) is 4.00. The van der Waals surface area contributed by atoms with Gasteiger partial charge in [-0.05, 0) is 36.2 Å². The topological polar surface area (TPSA) is 72.9 Å². The molecular formula is C17H19NO5S. The van der Waals surface area contributed by atoms with E-state index < -0.39 is 16.0 Å². The molecule has 0 saturated heterocycles. The number of rotatable bonds is 6. The van der Waals surface area contributed by atoms with Gasteiger partial charge in [0.1, 0.15) is 6.61 Å². The third-order valence-electron chi connectivity index (χ3n) is 3.58. The van der Waals surface area contributed by atoms with E-state index in [9.17, 15) is 13.2 Å². The van der Waals surface area contributed by atoms with E-state index in [0.717, 1.165) is 15.6 Å². The first kappa shape index (κ1) is 18.1. The molecule has 2 rings (SSSR count). The summed E-state index contributed by atoms with van der Waals surface area (Å²) in [6.45, 7) is 2.05. The lowest BCUT2D eigenvalue weighted by Gasteiger charge is -2.14. The molecule has 0 aromatic heterocycles. The van der Waals surface area contributed by atoms with Crippen LogP contribution >= 0.6 is 0 Å². The van der Waals surface area contributed by atoms with E-state index in [-0.39, 0.29) is 17.1 Å². The minimum atomic E-state index is -3.82. The summed E-state index contributed by atoms with van der Waals surface area (Å²) in [7, 11) is -1.29. The Balaban J connectivity index is 2.17. The third-order valence-corrected chi connectivity index (χ3v) is 5.26. The van der Waals surface area contributed by atoms with E-state index in [4.69, 9.17) is 9.57 Å². The standard InChI is InChI=1S/C17H19NO5S/c1-13-7-4-5-8-15(13)12-23-17(19)14-9-6-10-16(11-14)24(20,21)18(2)22-3/h4-11H,12H2,1-3H3. The molecule has 7 heteroatoms. The Hall–Kier alpha value is -2.22. The number of carbonyl (C=O) groups excluding carboxylic acids is 1. The number of hydroxylamine groups is 1. The Morgan fingerprint density at radius 3 is 2.50 bits per heavy atom. The zero-order valence-electron chi connectivity index (χ0n) is 13.7. The predicted octanol–water partition coefficient (Wildman–Crippen LogP) is 2.53. The highest BCUT2D eigenvalue weighted by molar-refractivity contribution is 7.89. The van der Waals surface area contributed by atoms with E-state index in [1.54, 1.807) is 0 Å². The van der Waals surface area contributed by atoms with Crippen LogP contribution < -0.4 is 0 Å². The molecule has 0 saturated carbocycles. The molecule has 0 amide bonds. The quantitative estimate of drug-likeness (QED) is 0.592. The maximum Gasteiger partial charge on any atom is 0.338 e. The predicted molar refractivity (Wildman–Crippen MR) is 88.7 cm³/mol. The first-order valence-electron chi connectivity index (χ1n) is 7.21. The van der Waals surface area contributed by atoms with Crippen molar-refractivity contribution in [2.75, 3.05) is 14.2 Å². The van der Waals surface area contributed by atoms with Crippen LogP contribution in [-0.4, -0.2) is 33.0 Å². The van der Waals surface area contributed by atoms with E-state index in [0.29, 0.717) is 0 Å². The summed E-state index contributed by atoms with van der Waals surface area (Å²) in [4.78, 5) is 16.9. The van der Waals surface area contributed by atoms with Gasteiger partial charge in [-0.3, -0.25) is 4.84 Å². The zero-order chi connectivity index (χ0) is 17.7. The number of benzene rings is 2. The van der Waals surface area contributed by atoms with E-state index in [1.807, 2.05) is 31.2 Å². The molecule has 0 N–H and O–H groups in total. The van der Waals surface area contributed by atoms with Gasteiger partial charge in [0.25, 0.3) is 10.0 Å². The minimum absolute atomic E-state index is 0.0443. The summed E-state index contributed by atoms with van der Waals surface area (Å²) in [6, 6.07) is 13.2. The lowest BCUT2D eigenvalue weighted by Crippen LogP contribution is -2.25. The number of sulfonamides is 1. The van der Waals surface area contributed by atoms with E-state index in [1.165, 1.54) is 38.4 Å². The van der Waals surface area contributed by atoms with Crippen molar-refractivity contribution >= 4 is 16.0 Å². The number of ether oxygens (including phenoxy) is 1. The molecule has 0 unspecified atom stereocenters. The van der Waals surface area contributed by atoms with Crippen LogP contribution in [0.4, 0.5) is 0 Å². The lowest BCUT2D eigenvalue weighted by molar-refractivity contribution is -0.0258. The Morgan fingerprint density at radius 2 is 1.83 bits per heavy atom. The molecule has 0 aliphatic heterocycles. The van der Waals surface area contributed by atoms with Gasteiger partial charge in [-0.25, -0.2) is 13.2 Å². The molecule has 128 valence electrons. The maximum atomic E-state index is 12.2. The van der Waals surface area contributed by atoms with Gasteiger partial charge in [0.15, 0.2) is 0 Å². The second kappa shape index (κ2) is 7.57. The largest absolute Gasteiger partial charge is 0.457 e. The van der Waals surface area contributed by atoms with Gasteiger partial charge in [-0.1, -0.05) is 34.8 Å². The van der Waals surface area contributed by atoms with Crippen molar-refractivity contribution in [2.24, 2.45) is 0 Å². The van der Waals surface area contributed by atoms with Crippen molar-refractivity contribution in [1.82, 2.24) is 4.47 Å². The molecule has 0 atom stereocenters.